The molecule has 0 atom stereocenters. The van der Waals surface area contributed by atoms with Crippen LogP contribution in [0.15, 0.2) is 73.2 Å². The summed E-state index contributed by atoms with van der Waals surface area (Å²) in [5.74, 6) is 2.28. The molecule has 5 aromatic rings. The largest absolute Gasteiger partial charge is 0.420 e. The highest BCUT2D eigenvalue weighted by atomic mass is 32.2. The Hall–Kier alpha value is -3.72. The van der Waals surface area contributed by atoms with Crippen molar-refractivity contribution in [1.29, 1.82) is 0 Å². The van der Waals surface area contributed by atoms with E-state index < -0.39 is 0 Å². The lowest BCUT2D eigenvalue weighted by atomic mass is 9.87. The SMILES string of the molecule is Cc1onc(-c2ccccc2)c1-c1nnc(CSc2nnc(-c3ccc(C(C)(C)C)cc3)o2)o1. The quantitative estimate of drug-likeness (QED) is 0.261. The normalized spacial score (nSPS) is 11.8. The van der Waals surface area contributed by atoms with Crippen molar-refractivity contribution in [2.24, 2.45) is 0 Å². The number of aromatic nitrogens is 5. The van der Waals surface area contributed by atoms with Crippen LogP contribution in [0.2, 0.25) is 0 Å². The zero-order valence-corrected chi connectivity index (χ0v) is 20.1. The lowest BCUT2D eigenvalue weighted by molar-refractivity contribution is 0.399. The van der Waals surface area contributed by atoms with Gasteiger partial charge in [0.2, 0.25) is 11.8 Å². The maximum atomic E-state index is 5.90. The Kier molecular flexibility index (Phi) is 5.79. The average molecular weight is 474 g/mol. The second kappa shape index (κ2) is 8.90. The maximum absolute atomic E-state index is 5.90. The van der Waals surface area contributed by atoms with Crippen molar-refractivity contribution in [2.75, 3.05) is 0 Å². The van der Waals surface area contributed by atoms with Crippen molar-refractivity contribution in [3.8, 4) is 34.2 Å². The summed E-state index contributed by atoms with van der Waals surface area (Å²) in [6.07, 6.45) is 0. The Labute approximate surface area is 200 Å². The Balaban J connectivity index is 1.29. The fourth-order valence-corrected chi connectivity index (χ4v) is 4.05. The summed E-state index contributed by atoms with van der Waals surface area (Å²) in [5, 5.41) is 21.3. The van der Waals surface area contributed by atoms with Gasteiger partial charge in [0.15, 0.2) is 0 Å². The molecule has 0 bridgehead atoms. The number of hydrogen-bond acceptors (Lipinski definition) is 9. The summed E-state index contributed by atoms with van der Waals surface area (Å²) in [7, 11) is 0. The molecule has 9 heteroatoms. The predicted octanol–water partition coefficient (Wildman–Crippen LogP) is 6.34. The number of hydrogen-bond donors (Lipinski definition) is 0. The first-order valence-corrected chi connectivity index (χ1v) is 11.8. The van der Waals surface area contributed by atoms with Gasteiger partial charge in [-0.05, 0) is 30.0 Å². The van der Waals surface area contributed by atoms with E-state index >= 15 is 0 Å². The Morgan fingerprint density at radius 1 is 0.794 bits per heavy atom. The van der Waals surface area contributed by atoms with E-state index in [-0.39, 0.29) is 5.41 Å². The van der Waals surface area contributed by atoms with Gasteiger partial charge >= 0.3 is 0 Å². The third kappa shape index (κ3) is 4.51. The smallest absolute Gasteiger partial charge is 0.277 e. The fraction of sp³-hybridized carbons (Fsp3) is 0.240. The van der Waals surface area contributed by atoms with E-state index in [1.54, 1.807) is 0 Å². The highest BCUT2D eigenvalue weighted by Crippen LogP contribution is 2.34. The topological polar surface area (TPSA) is 104 Å². The van der Waals surface area contributed by atoms with E-state index in [0.717, 1.165) is 11.1 Å². The van der Waals surface area contributed by atoms with Crippen molar-refractivity contribution in [3.05, 3.63) is 71.8 Å². The minimum atomic E-state index is 0.0875. The predicted molar refractivity (Wildman–Crippen MR) is 128 cm³/mol. The van der Waals surface area contributed by atoms with E-state index in [0.29, 0.717) is 45.7 Å². The van der Waals surface area contributed by atoms with Crippen LogP contribution in [0, 0.1) is 6.92 Å². The van der Waals surface area contributed by atoms with Crippen molar-refractivity contribution >= 4 is 11.8 Å². The van der Waals surface area contributed by atoms with Crippen molar-refractivity contribution in [2.45, 2.75) is 44.1 Å². The molecular formula is C25H23N5O3S. The molecule has 0 aliphatic rings. The van der Waals surface area contributed by atoms with Crippen molar-refractivity contribution in [1.82, 2.24) is 25.6 Å². The number of benzene rings is 2. The van der Waals surface area contributed by atoms with Crippen LogP contribution in [0.4, 0.5) is 0 Å². The van der Waals surface area contributed by atoms with Crippen LogP contribution < -0.4 is 0 Å². The third-order valence-corrected chi connectivity index (χ3v) is 6.12. The lowest BCUT2D eigenvalue weighted by Gasteiger charge is -2.18. The minimum Gasteiger partial charge on any atom is -0.420 e. The molecule has 0 fully saturated rings. The van der Waals surface area contributed by atoms with Gasteiger partial charge < -0.3 is 13.4 Å². The monoisotopic (exact) mass is 473 g/mol. The van der Waals surface area contributed by atoms with Gasteiger partial charge in [-0.15, -0.1) is 20.4 Å². The van der Waals surface area contributed by atoms with Crippen LogP contribution in [0.5, 0.6) is 0 Å². The number of nitrogens with zero attached hydrogens (tertiary/aromatic N) is 5. The summed E-state index contributed by atoms with van der Waals surface area (Å²) in [5.41, 5.74) is 4.48. The third-order valence-electron chi connectivity index (χ3n) is 5.31. The van der Waals surface area contributed by atoms with Crippen molar-refractivity contribution in [3.63, 3.8) is 0 Å². The highest BCUT2D eigenvalue weighted by Gasteiger charge is 2.22. The zero-order chi connectivity index (χ0) is 23.7. The molecule has 0 unspecified atom stereocenters. The van der Waals surface area contributed by atoms with Gasteiger partial charge in [-0.3, -0.25) is 0 Å². The standard InChI is InChI=1S/C25H23N5O3S/c1-15-20(21(30-33-15)16-8-6-5-7-9-16)23-28-26-19(31-23)14-34-24-29-27-22(32-24)17-10-12-18(13-11-17)25(2,3)4/h5-13H,14H2,1-4H3. The summed E-state index contributed by atoms with van der Waals surface area (Å²) >= 11 is 1.34. The Bertz CT molecular complexity index is 1400. The molecule has 0 aliphatic heterocycles. The molecule has 3 heterocycles. The van der Waals surface area contributed by atoms with E-state index in [4.69, 9.17) is 13.4 Å². The second-order valence-electron chi connectivity index (χ2n) is 8.82. The van der Waals surface area contributed by atoms with Crippen LogP contribution in [0.25, 0.3) is 34.2 Å². The van der Waals surface area contributed by atoms with E-state index in [2.05, 4.69) is 58.5 Å². The molecule has 0 saturated heterocycles. The van der Waals surface area contributed by atoms with E-state index in [1.807, 2.05) is 49.4 Å². The van der Waals surface area contributed by atoms with Gasteiger partial charge in [0, 0.05) is 11.1 Å². The molecule has 0 spiro atoms. The molecule has 0 amide bonds. The van der Waals surface area contributed by atoms with Gasteiger partial charge in [0.05, 0.1) is 5.75 Å². The molecule has 5 rings (SSSR count). The van der Waals surface area contributed by atoms with E-state index in [1.165, 1.54) is 17.3 Å². The van der Waals surface area contributed by atoms with Gasteiger partial charge in [0.25, 0.3) is 11.1 Å². The van der Waals surface area contributed by atoms with Crippen LogP contribution in [-0.4, -0.2) is 25.6 Å². The maximum Gasteiger partial charge on any atom is 0.277 e. The van der Waals surface area contributed by atoms with Crippen molar-refractivity contribution < 1.29 is 13.4 Å². The molecular weight excluding hydrogens is 450 g/mol. The number of thioether (sulfide) groups is 1. The second-order valence-corrected chi connectivity index (χ2v) is 9.75. The highest BCUT2D eigenvalue weighted by molar-refractivity contribution is 7.98. The first kappa shape index (κ1) is 22.1. The Morgan fingerprint density at radius 3 is 2.26 bits per heavy atom. The summed E-state index contributed by atoms with van der Waals surface area (Å²) in [6.45, 7) is 8.36. The van der Waals surface area contributed by atoms with Gasteiger partial charge in [-0.2, -0.15) is 0 Å². The molecule has 0 aliphatic carbocycles. The summed E-state index contributed by atoms with van der Waals surface area (Å²) in [6, 6.07) is 17.9. The molecule has 8 nitrogen and oxygen atoms in total. The van der Waals surface area contributed by atoms with Crippen LogP contribution in [-0.2, 0) is 11.2 Å². The summed E-state index contributed by atoms with van der Waals surface area (Å²) < 4.78 is 17.1. The number of aryl methyl sites for hydroxylation is 1. The molecule has 0 radical (unpaired) electrons. The van der Waals surface area contributed by atoms with E-state index in [9.17, 15) is 0 Å². The average Bonchev–Trinajstić information content (AvgIpc) is 3.57. The number of rotatable bonds is 6. The first-order valence-electron chi connectivity index (χ1n) is 10.8. The van der Waals surface area contributed by atoms with Gasteiger partial charge in [-0.1, -0.05) is 80.2 Å². The van der Waals surface area contributed by atoms with Gasteiger partial charge in [0.1, 0.15) is 17.0 Å². The molecule has 0 saturated carbocycles. The first-order chi connectivity index (χ1) is 16.4. The minimum absolute atomic E-state index is 0.0875. The molecule has 172 valence electrons. The fourth-order valence-electron chi connectivity index (χ4n) is 3.45. The van der Waals surface area contributed by atoms with Gasteiger partial charge in [-0.25, -0.2) is 0 Å². The Morgan fingerprint density at radius 2 is 1.53 bits per heavy atom. The van der Waals surface area contributed by atoms with Crippen LogP contribution in [0.3, 0.4) is 0 Å². The molecule has 0 N–H and O–H groups in total. The van der Waals surface area contributed by atoms with Crippen LogP contribution in [0.1, 0.15) is 38.0 Å². The summed E-state index contributed by atoms with van der Waals surface area (Å²) in [4.78, 5) is 0. The lowest BCUT2D eigenvalue weighted by Crippen LogP contribution is -2.10. The van der Waals surface area contributed by atoms with Crippen LogP contribution >= 0.6 is 11.8 Å². The molecule has 34 heavy (non-hydrogen) atoms. The molecule has 3 aromatic heterocycles. The zero-order valence-electron chi connectivity index (χ0n) is 19.3. The molecule has 2 aromatic carbocycles.